The van der Waals surface area contributed by atoms with Gasteiger partial charge in [-0.1, -0.05) is 0 Å². The zero-order chi connectivity index (χ0) is 15.5. The van der Waals surface area contributed by atoms with Crippen LogP contribution in [-0.4, -0.2) is 58.9 Å². The Morgan fingerprint density at radius 2 is 2.09 bits per heavy atom. The van der Waals surface area contributed by atoms with Crippen molar-refractivity contribution < 1.29 is 9.64 Å². The highest BCUT2D eigenvalue weighted by molar-refractivity contribution is 5.72. The summed E-state index contributed by atoms with van der Waals surface area (Å²) in [5, 5.41) is 3.17. The number of ether oxygens (including phenoxy) is 1. The van der Waals surface area contributed by atoms with Crippen molar-refractivity contribution in [2.45, 2.75) is 6.42 Å². The van der Waals surface area contributed by atoms with Gasteiger partial charge in [0.25, 0.3) is 5.56 Å². The maximum atomic E-state index is 11.7. The molecule has 2 aromatic rings. The molecule has 0 amide bonds. The minimum absolute atomic E-state index is 0.309. The largest absolute Gasteiger partial charge is 0.370 e. The number of imidazole rings is 1. The third-order valence-corrected chi connectivity index (χ3v) is 3.95. The van der Waals surface area contributed by atoms with E-state index < -0.39 is 11.2 Å². The van der Waals surface area contributed by atoms with E-state index in [1.807, 2.05) is 0 Å². The summed E-state index contributed by atoms with van der Waals surface area (Å²) in [5.41, 5.74) is -0.249. The van der Waals surface area contributed by atoms with Crippen LogP contribution in [0, 0.1) is 0 Å². The molecule has 1 saturated heterocycles. The first-order chi connectivity index (χ1) is 10.6. The first-order valence-electron chi connectivity index (χ1n) is 7.49. The number of hydrogen-bond acceptors (Lipinski definition) is 5. The van der Waals surface area contributed by atoms with Crippen LogP contribution in [0.15, 0.2) is 9.59 Å². The molecule has 4 N–H and O–H groups in total. The molecular formula is C13H21N6O3+. The minimum Gasteiger partial charge on any atom is -0.370 e. The maximum absolute atomic E-state index is 11.7. The Morgan fingerprint density at radius 1 is 1.32 bits per heavy atom. The molecule has 9 nitrogen and oxygen atoms in total. The number of anilines is 1. The Morgan fingerprint density at radius 3 is 2.86 bits per heavy atom. The molecule has 120 valence electrons. The standard InChI is InChI=1S/C13H20N6O3/c1-18-10-9(11(20)17-13(18)21)15-12(16-10)14-3-2-4-19-5-7-22-8-6-19/h2-8H2,1H3,(H2,14,15,16)(H,17,20,21)/p+1. The lowest BCUT2D eigenvalue weighted by Gasteiger charge is -2.23. The highest BCUT2D eigenvalue weighted by Crippen LogP contribution is 2.07. The van der Waals surface area contributed by atoms with Crippen molar-refractivity contribution in [1.29, 1.82) is 0 Å². The van der Waals surface area contributed by atoms with Crippen molar-refractivity contribution in [3.8, 4) is 0 Å². The van der Waals surface area contributed by atoms with Gasteiger partial charge in [0.1, 0.15) is 13.1 Å². The third kappa shape index (κ3) is 3.04. The predicted octanol–water partition coefficient (Wildman–Crippen LogP) is -2.33. The van der Waals surface area contributed by atoms with Crippen LogP contribution in [0.3, 0.4) is 0 Å². The van der Waals surface area contributed by atoms with Gasteiger partial charge in [-0.25, -0.2) is 4.79 Å². The van der Waals surface area contributed by atoms with Crippen LogP contribution < -0.4 is 21.5 Å². The molecule has 3 heterocycles. The van der Waals surface area contributed by atoms with Crippen molar-refractivity contribution in [1.82, 2.24) is 19.5 Å². The smallest absolute Gasteiger partial charge is 0.329 e. The number of aromatic amines is 2. The number of hydrogen-bond donors (Lipinski definition) is 4. The first kappa shape index (κ1) is 14.8. The van der Waals surface area contributed by atoms with Crippen molar-refractivity contribution in [2.75, 3.05) is 44.7 Å². The number of fused-ring (bicyclic) bond motifs is 1. The predicted molar refractivity (Wildman–Crippen MR) is 81.4 cm³/mol. The zero-order valence-electron chi connectivity index (χ0n) is 12.6. The molecule has 0 bridgehead atoms. The molecule has 1 fully saturated rings. The Bertz CT molecular complexity index is 755. The first-order valence-corrected chi connectivity index (χ1v) is 7.49. The number of nitrogens with one attached hydrogen (secondary N) is 4. The second-order valence-electron chi connectivity index (χ2n) is 5.50. The van der Waals surface area contributed by atoms with Crippen molar-refractivity contribution in [2.24, 2.45) is 7.05 Å². The van der Waals surface area contributed by atoms with Gasteiger partial charge >= 0.3 is 5.69 Å². The molecule has 0 atom stereocenters. The number of morpholine rings is 1. The van der Waals surface area contributed by atoms with Gasteiger partial charge in [0, 0.05) is 20.0 Å². The Labute approximate surface area is 126 Å². The van der Waals surface area contributed by atoms with Crippen molar-refractivity contribution in [3.05, 3.63) is 20.8 Å². The fourth-order valence-electron chi connectivity index (χ4n) is 2.64. The molecule has 2 aromatic heterocycles. The van der Waals surface area contributed by atoms with Crippen molar-refractivity contribution >= 4 is 17.1 Å². The molecular weight excluding hydrogens is 288 g/mol. The topological polar surface area (TPSA) is 109 Å². The third-order valence-electron chi connectivity index (χ3n) is 3.95. The summed E-state index contributed by atoms with van der Waals surface area (Å²) in [6, 6.07) is 0. The molecule has 0 spiro atoms. The average Bonchev–Trinajstić information content (AvgIpc) is 2.95. The number of quaternary nitrogens is 1. The summed E-state index contributed by atoms with van der Waals surface area (Å²) in [6.07, 6.45) is 1.00. The minimum atomic E-state index is -0.466. The van der Waals surface area contributed by atoms with Gasteiger partial charge < -0.3 is 19.9 Å². The van der Waals surface area contributed by atoms with Gasteiger partial charge in [0.05, 0.1) is 19.8 Å². The molecule has 0 unspecified atom stereocenters. The van der Waals surface area contributed by atoms with Gasteiger partial charge in [-0.3, -0.25) is 14.3 Å². The molecule has 9 heteroatoms. The lowest BCUT2D eigenvalue weighted by Crippen LogP contribution is -3.14. The summed E-state index contributed by atoms with van der Waals surface area (Å²) < 4.78 is 6.64. The number of aromatic nitrogens is 4. The van der Waals surface area contributed by atoms with E-state index in [1.54, 1.807) is 11.9 Å². The van der Waals surface area contributed by atoms with E-state index in [2.05, 4.69) is 20.3 Å². The van der Waals surface area contributed by atoms with Crippen LogP contribution in [0.25, 0.3) is 11.2 Å². The quantitative estimate of drug-likeness (QED) is 0.463. The molecule has 22 heavy (non-hydrogen) atoms. The average molecular weight is 309 g/mol. The highest BCUT2D eigenvalue weighted by Gasteiger charge is 2.13. The van der Waals surface area contributed by atoms with Crippen LogP contribution >= 0.6 is 0 Å². The number of H-pyrrole nitrogens is 2. The summed E-state index contributed by atoms with van der Waals surface area (Å²) in [4.78, 5) is 34.2. The fraction of sp³-hybridized carbons (Fsp3) is 0.615. The Balaban J connectivity index is 1.60. The van der Waals surface area contributed by atoms with E-state index >= 15 is 0 Å². The SMILES string of the molecule is Cn1c(=O)[nH]c(=O)c2[nH]c(NCCC[NH+]3CCOCC3)nc21. The summed E-state index contributed by atoms with van der Waals surface area (Å²) in [6.45, 7) is 5.63. The summed E-state index contributed by atoms with van der Waals surface area (Å²) in [7, 11) is 1.58. The monoisotopic (exact) mass is 309 g/mol. The number of aryl methyl sites for hydroxylation is 1. The van der Waals surface area contributed by atoms with E-state index in [4.69, 9.17) is 4.74 Å². The van der Waals surface area contributed by atoms with Gasteiger partial charge in [0.2, 0.25) is 5.95 Å². The fourth-order valence-corrected chi connectivity index (χ4v) is 2.64. The van der Waals surface area contributed by atoms with E-state index in [-0.39, 0.29) is 0 Å². The molecule has 0 saturated carbocycles. The summed E-state index contributed by atoms with van der Waals surface area (Å²) in [5.74, 6) is 0.513. The lowest BCUT2D eigenvalue weighted by atomic mass is 10.3. The van der Waals surface area contributed by atoms with E-state index in [0.29, 0.717) is 17.1 Å². The van der Waals surface area contributed by atoms with Crippen LogP contribution in [0.5, 0.6) is 0 Å². The molecule has 1 aliphatic heterocycles. The van der Waals surface area contributed by atoms with Gasteiger partial charge in [0.15, 0.2) is 11.2 Å². The van der Waals surface area contributed by atoms with Gasteiger partial charge in [-0.15, -0.1) is 0 Å². The second kappa shape index (κ2) is 6.32. The molecule has 0 aromatic carbocycles. The van der Waals surface area contributed by atoms with Crippen molar-refractivity contribution in [3.63, 3.8) is 0 Å². The Hall–Kier alpha value is -2.13. The second-order valence-corrected chi connectivity index (χ2v) is 5.50. The number of rotatable bonds is 5. The van der Waals surface area contributed by atoms with Gasteiger partial charge in [-0.2, -0.15) is 4.98 Å². The molecule has 3 rings (SSSR count). The van der Waals surface area contributed by atoms with Crippen LogP contribution in [0.4, 0.5) is 5.95 Å². The summed E-state index contributed by atoms with van der Waals surface area (Å²) >= 11 is 0. The van der Waals surface area contributed by atoms with E-state index in [9.17, 15) is 9.59 Å². The molecule has 0 radical (unpaired) electrons. The van der Waals surface area contributed by atoms with Crippen LogP contribution in [0.2, 0.25) is 0 Å². The van der Waals surface area contributed by atoms with Gasteiger partial charge in [-0.05, 0) is 0 Å². The zero-order valence-corrected chi connectivity index (χ0v) is 12.6. The molecule has 0 aliphatic carbocycles. The maximum Gasteiger partial charge on any atom is 0.329 e. The normalized spacial score (nSPS) is 16.2. The van der Waals surface area contributed by atoms with E-state index in [0.717, 1.165) is 45.8 Å². The highest BCUT2D eigenvalue weighted by atomic mass is 16.5. The molecule has 1 aliphatic rings. The van der Waals surface area contributed by atoms with Crippen LogP contribution in [0.1, 0.15) is 6.42 Å². The lowest BCUT2D eigenvalue weighted by molar-refractivity contribution is -0.908. The Kier molecular flexibility index (Phi) is 4.25. The number of nitrogens with zero attached hydrogens (tertiary/aromatic N) is 2. The van der Waals surface area contributed by atoms with E-state index in [1.165, 1.54) is 4.57 Å². The van der Waals surface area contributed by atoms with Crippen LogP contribution in [-0.2, 0) is 11.8 Å².